The number of hydrogen-bond donors (Lipinski definition) is 2. The summed E-state index contributed by atoms with van der Waals surface area (Å²) < 4.78 is 5.50. The molecule has 1 unspecified atom stereocenters. The number of nitrogens with one attached hydrogen (secondary N) is 1. The van der Waals surface area contributed by atoms with E-state index in [0.29, 0.717) is 18.0 Å². The predicted octanol–water partition coefficient (Wildman–Crippen LogP) is 1.78. The van der Waals surface area contributed by atoms with Crippen LogP contribution in [0.5, 0.6) is 5.75 Å². The van der Waals surface area contributed by atoms with Crippen LogP contribution in [0.1, 0.15) is 11.5 Å². The number of nitrogens with zero attached hydrogens (tertiary/aromatic N) is 1. The summed E-state index contributed by atoms with van der Waals surface area (Å²) in [5.74, 6) is 0.344. The van der Waals surface area contributed by atoms with Gasteiger partial charge in [0.15, 0.2) is 0 Å². The van der Waals surface area contributed by atoms with Crippen molar-refractivity contribution in [3.8, 4) is 5.75 Å². The average molecular weight is 255 g/mol. The van der Waals surface area contributed by atoms with Gasteiger partial charge < -0.3 is 15.8 Å². The Morgan fingerprint density at radius 3 is 3.05 bits per heavy atom. The van der Waals surface area contributed by atoms with Crippen molar-refractivity contribution in [3.05, 3.63) is 48.3 Å². The van der Waals surface area contributed by atoms with Crippen LogP contribution in [-0.2, 0) is 4.79 Å². The molecule has 3 rings (SSSR count). The van der Waals surface area contributed by atoms with Crippen LogP contribution in [0.15, 0.2) is 42.7 Å². The molecule has 5 nitrogen and oxygen atoms in total. The summed E-state index contributed by atoms with van der Waals surface area (Å²) in [6.07, 6.45) is 3.10. The summed E-state index contributed by atoms with van der Waals surface area (Å²) in [7, 11) is 0. The Labute approximate surface area is 110 Å². The summed E-state index contributed by atoms with van der Waals surface area (Å²) >= 11 is 0. The third-order valence-corrected chi connectivity index (χ3v) is 3.13. The van der Waals surface area contributed by atoms with Crippen molar-refractivity contribution >= 4 is 17.3 Å². The molecule has 0 saturated heterocycles. The zero-order chi connectivity index (χ0) is 13.2. The van der Waals surface area contributed by atoms with Gasteiger partial charge in [0.1, 0.15) is 18.3 Å². The molecule has 0 aliphatic carbocycles. The van der Waals surface area contributed by atoms with Crippen LogP contribution in [0.25, 0.3) is 0 Å². The molecule has 1 atom stereocenters. The Kier molecular flexibility index (Phi) is 2.79. The van der Waals surface area contributed by atoms with Gasteiger partial charge in [0.05, 0.1) is 17.6 Å². The van der Waals surface area contributed by atoms with Crippen molar-refractivity contribution in [3.63, 3.8) is 0 Å². The zero-order valence-corrected chi connectivity index (χ0v) is 10.2. The lowest BCUT2D eigenvalue weighted by Crippen LogP contribution is -2.22. The maximum Gasteiger partial charge on any atom is 0.235 e. The quantitative estimate of drug-likeness (QED) is 0.857. The molecule has 1 aliphatic heterocycles. The monoisotopic (exact) mass is 255 g/mol. The minimum Gasteiger partial charge on any atom is -0.492 e. The third-order valence-electron chi connectivity index (χ3n) is 3.13. The van der Waals surface area contributed by atoms with Gasteiger partial charge in [0, 0.05) is 11.8 Å². The van der Waals surface area contributed by atoms with Crippen LogP contribution in [0.4, 0.5) is 11.4 Å². The molecule has 96 valence electrons. The number of benzene rings is 1. The average Bonchev–Trinajstić information content (AvgIpc) is 2.85. The second-order valence-corrected chi connectivity index (χ2v) is 4.35. The molecular weight excluding hydrogens is 242 g/mol. The first kappa shape index (κ1) is 11.5. The molecule has 5 heteroatoms. The summed E-state index contributed by atoms with van der Waals surface area (Å²) in [6.45, 7) is 0.357. The SMILES string of the molecule is Nc1cnccc1NC(=O)C1COc2ccccc21. The fourth-order valence-corrected chi connectivity index (χ4v) is 2.12. The molecule has 0 saturated carbocycles. The minimum atomic E-state index is -0.302. The Morgan fingerprint density at radius 2 is 2.21 bits per heavy atom. The maximum absolute atomic E-state index is 12.3. The number of ether oxygens (including phenoxy) is 1. The molecule has 2 heterocycles. The molecule has 1 aromatic heterocycles. The van der Waals surface area contributed by atoms with Gasteiger partial charge in [-0.3, -0.25) is 9.78 Å². The van der Waals surface area contributed by atoms with Gasteiger partial charge in [-0.25, -0.2) is 0 Å². The zero-order valence-electron chi connectivity index (χ0n) is 10.2. The van der Waals surface area contributed by atoms with E-state index in [1.807, 2.05) is 24.3 Å². The van der Waals surface area contributed by atoms with Crippen LogP contribution >= 0.6 is 0 Å². The fraction of sp³-hybridized carbons (Fsp3) is 0.143. The molecule has 0 bridgehead atoms. The Bertz CT molecular complexity index is 628. The first-order chi connectivity index (χ1) is 9.25. The van der Waals surface area contributed by atoms with Crippen LogP contribution in [0, 0.1) is 0 Å². The van der Waals surface area contributed by atoms with E-state index in [9.17, 15) is 4.79 Å². The normalized spacial score (nSPS) is 16.5. The highest BCUT2D eigenvalue weighted by Crippen LogP contribution is 2.34. The third kappa shape index (κ3) is 2.10. The van der Waals surface area contributed by atoms with Gasteiger partial charge in [-0.15, -0.1) is 0 Å². The van der Waals surface area contributed by atoms with Crippen molar-refractivity contribution in [2.24, 2.45) is 0 Å². The predicted molar refractivity (Wildman–Crippen MR) is 72.0 cm³/mol. The van der Waals surface area contributed by atoms with Crippen molar-refractivity contribution in [2.45, 2.75) is 5.92 Å². The van der Waals surface area contributed by atoms with E-state index in [2.05, 4.69) is 10.3 Å². The summed E-state index contributed by atoms with van der Waals surface area (Å²) in [4.78, 5) is 16.1. The summed E-state index contributed by atoms with van der Waals surface area (Å²) in [5, 5.41) is 2.81. The summed E-state index contributed by atoms with van der Waals surface area (Å²) in [5.41, 5.74) is 7.68. The highest BCUT2D eigenvalue weighted by atomic mass is 16.5. The van der Waals surface area contributed by atoms with E-state index in [0.717, 1.165) is 11.3 Å². The van der Waals surface area contributed by atoms with Gasteiger partial charge in [-0.05, 0) is 12.1 Å². The van der Waals surface area contributed by atoms with Gasteiger partial charge in [-0.1, -0.05) is 18.2 Å². The van der Waals surface area contributed by atoms with Crippen LogP contribution < -0.4 is 15.8 Å². The number of nitrogen functional groups attached to an aromatic ring is 1. The topological polar surface area (TPSA) is 77.2 Å². The van der Waals surface area contributed by atoms with E-state index in [1.165, 1.54) is 6.20 Å². The molecule has 19 heavy (non-hydrogen) atoms. The smallest absolute Gasteiger partial charge is 0.235 e. The fourth-order valence-electron chi connectivity index (χ4n) is 2.12. The highest BCUT2D eigenvalue weighted by Gasteiger charge is 2.30. The number of anilines is 2. The molecule has 0 fully saturated rings. The standard InChI is InChI=1S/C14H13N3O2/c15-11-7-16-6-5-12(11)17-14(18)10-8-19-13-4-2-1-3-9(10)13/h1-7,10H,8,15H2,(H,16,17,18). The lowest BCUT2D eigenvalue weighted by molar-refractivity contribution is -0.117. The number of carbonyl (C=O) groups excluding carboxylic acids is 1. The van der Waals surface area contributed by atoms with E-state index >= 15 is 0 Å². The van der Waals surface area contributed by atoms with E-state index in [4.69, 9.17) is 10.5 Å². The first-order valence-corrected chi connectivity index (χ1v) is 5.98. The molecule has 0 spiro atoms. The molecule has 0 radical (unpaired) electrons. The van der Waals surface area contributed by atoms with Crippen LogP contribution in [0.3, 0.4) is 0 Å². The maximum atomic E-state index is 12.3. The number of hydrogen-bond acceptors (Lipinski definition) is 4. The molecule has 1 amide bonds. The second kappa shape index (κ2) is 4.61. The first-order valence-electron chi connectivity index (χ1n) is 5.98. The number of carbonyl (C=O) groups is 1. The van der Waals surface area contributed by atoms with Gasteiger partial charge in [0.2, 0.25) is 5.91 Å². The molecule has 2 aromatic rings. The highest BCUT2D eigenvalue weighted by molar-refractivity contribution is 5.98. The molecular formula is C14H13N3O2. The lowest BCUT2D eigenvalue weighted by atomic mass is 10.0. The van der Waals surface area contributed by atoms with Crippen molar-refractivity contribution in [1.82, 2.24) is 4.98 Å². The van der Waals surface area contributed by atoms with Crippen molar-refractivity contribution in [1.29, 1.82) is 0 Å². The number of aromatic nitrogens is 1. The van der Waals surface area contributed by atoms with Crippen molar-refractivity contribution < 1.29 is 9.53 Å². The number of rotatable bonds is 2. The Balaban J connectivity index is 1.81. The lowest BCUT2D eigenvalue weighted by Gasteiger charge is -2.11. The van der Waals surface area contributed by atoms with Gasteiger partial charge >= 0.3 is 0 Å². The summed E-state index contributed by atoms with van der Waals surface area (Å²) in [6, 6.07) is 9.23. The Morgan fingerprint density at radius 1 is 1.37 bits per heavy atom. The minimum absolute atomic E-state index is 0.122. The van der Waals surface area contributed by atoms with E-state index in [-0.39, 0.29) is 11.8 Å². The van der Waals surface area contributed by atoms with Crippen molar-refractivity contribution in [2.75, 3.05) is 17.7 Å². The van der Waals surface area contributed by atoms with Gasteiger partial charge in [-0.2, -0.15) is 0 Å². The molecule has 1 aromatic carbocycles. The van der Waals surface area contributed by atoms with E-state index < -0.39 is 0 Å². The second-order valence-electron chi connectivity index (χ2n) is 4.35. The number of nitrogens with two attached hydrogens (primary N) is 1. The van der Waals surface area contributed by atoms with Gasteiger partial charge in [0.25, 0.3) is 0 Å². The largest absolute Gasteiger partial charge is 0.492 e. The van der Waals surface area contributed by atoms with Crippen LogP contribution in [0.2, 0.25) is 0 Å². The van der Waals surface area contributed by atoms with E-state index in [1.54, 1.807) is 12.3 Å². The molecule has 1 aliphatic rings. The number of fused-ring (bicyclic) bond motifs is 1. The Hall–Kier alpha value is -2.56. The number of pyridine rings is 1. The number of amides is 1. The molecule has 3 N–H and O–H groups in total. The van der Waals surface area contributed by atoms with Crippen LogP contribution in [-0.4, -0.2) is 17.5 Å². The number of para-hydroxylation sites is 1.